The third kappa shape index (κ3) is 3.67. The fraction of sp³-hybridized carbons (Fsp3) is 0.125. The SMILES string of the molecule is COc1ccc(-c2nc(-c3c(C)cccc3OC(C)=O)nc3ccccc23)cc1. The van der Waals surface area contributed by atoms with E-state index in [9.17, 15) is 4.79 Å². The van der Waals surface area contributed by atoms with E-state index in [1.54, 1.807) is 13.2 Å². The van der Waals surface area contributed by atoms with Crippen molar-refractivity contribution in [3.05, 3.63) is 72.3 Å². The highest BCUT2D eigenvalue weighted by molar-refractivity contribution is 5.94. The number of carbonyl (C=O) groups excluding carboxylic acids is 1. The van der Waals surface area contributed by atoms with Gasteiger partial charge in [-0.05, 0) is 48.9 Å². The van der Waals surface area contributed by atoms with Gasteiger partial charge in [-0.3, -0.25) is 4.79 Å². The van der Waals surface area contributed by atoms with Gasteiger partial charge in [-0.2, -0.15) is 0 Å². The van der Waals surface area contributed by atoms with Crippen LogP contribution in [0.2, 0.25) is 0 Å². The van der Waals surface area contributed by atoms with Crippen LogP contribution in [0.15, 0.2) is 66.7 Å². The van der Waals surface area contributed by atoms with Crippen LogP contribution in [0.4, 0.5) is 0 Å². The molecule has 1 heterocycles. The highest BCUT2D eigenvalue weighted by atomic mass is 16.5. The molecule has 0 amide bonds. The van der Waals surface area contributed by atoms with Gasteiger partial charge in [0.2, 0.25) is 0 Å². The standard InChI is InChI=1S/C24H20N2O3/c1-15-7-6-10-21(29-16(2)27)22(15)24-25-20-9-5-4-8-19(20)23(26-24)17-11-13-18(28-3)14-12-17/h4-14H,1-3H3. The van der Waals surface area contributed by atoms with Gasteiger partial charge in [0.15, 0.2) is 5.82 Å². The van der Waals surface area contributed by atoms with E-state index in [0.717, 1.165) is 33.5 Å². The molecule has 0 spiro atoms. The molecule has 0 aliphatic rings. The number of aryl methyl sites for hydroxylation is 1. The van der Waals surface area contributed by atoms with Gasteiger partial charge >= 0.3 is 5.97 Å². The van der Waals surface area contributed by atoms with E-state index in [0.29, 0.717) is 17.1 Å². The molecule has 0 saturated carbocycles. The van der Waals surface area contributed by atoms with E-state index >= 15 is 0 Å². The summed E-state index contributed by atoms with van der Waals surface area (Å²) in [7, 11) is 1.64. The zero-order valence-electron chi connectivity index (χ0n) is 16.5. The Bertz CT molecular complexity index is 1200. The van der Waals surface area contributed by atoms with E-state index in [4.69, 9.17) is 19.4 Å². The first-order chi connectivity index (χ1) is 14.1. The van der Waals surface area contributed by atoms with Crippen LogP contribution < -0.4 is 9.47 Å². The van der Waals surface area contributed by atoms with Gasteiger partial charge in [0.1, 0.15) is 11.5 Å². The number of hydrogen-bond acceptors (Lipinski definition) is 5. The minimum Gasteiger partial charge on any atom is -0.497 e. The molecule has 0 fully saturated rings. The summed E-state index contributed by atoms with van der Waals surface area (Å²) in [6.07, 6.45) is 0. The van der Waals surface area contributed by atoms with E-state index in [-0.39, 0.29) is 5.97 Å². The Labute approximate surface area is 169 Å². The summed E-state index contributed by atoms with van der Waals surface area (Å²) in [4.78, 5) is 21.2. The monoisotopic (exact) mass is 384 g/mol. The van der Waals surface area contributed by atoms with Crippen molar-refractivity contribution in [2.75, 3.05) is 7.11 Å². The molecule has 144 valence electrons. The molecule has 4 aromatic rings. The minimum atomic E-state index is -0.381. The van der Waals surface area contributed by atoms with Crippen LogP contribution in [0.1, 0.15) is 12.5 Å². The fourth-order valence-corrected chi connectivity index (χ4v) is 3.32. The van der Waals surface area contributed by atoms with Crippen molar-refractivity contribution in [2.45, 2.75) is 13.8 Å². The van der Waals surface area contributed by atoms with Crippen LogP contribution in [-0.4, -0.2) is 23.0 Å². The molecule has 29 heavy (non-hydrogen) atoms. The Hall–Kier alpha value is -3.73. The molecule has 5 heteroatoms. The third-order valence-corrected chi connectivity index (χ3v) is 4.68. The van der Waals surface area contributed by atoms with Gasteiger partial charge in [0.25, 0.3) is 0 Å². The number of benzene rings is 3. The summed E-state index contributed by atoms with van der Waals surface area (Å²) < 4.78 is 10.7. The first-order valence-electron chi connectivity index (χ1n) is 9.26. The average molecular weight is 384 g/mol. The smallest absolute Gasteiger partial charge is 0.308 e. The molecule has 3 aromatic carbocycles. The van der Waals surface area contributed by atoms with Crippen molar-refractivity contribution in [1.29, 1.82) is 0 Å². The Morgan fingerprint density at radius 1 is 0.897 bits per heavy atom. The van der Waals surface area contributed by atoms with Crippen molar-refractivity contribution in [1.82, 2.24) is 9.97 Å². The third-order valence-electron chi connectivity index (χ3n) is 4.68. The van der Waals surface area contributed by atoms with E-state index in [2.05, 4.69) is 0 Å². The van der Waals surface area contributed by atoms with E-state index in [1.807, 2.05) is 67.6 Å². The van der Waals surface area contributed by atoms with Gasteiger partial charge in [-0.25, -0.2) is 9.97 Å². The molecule has 0 bridgehead atoms. The summed E-state index contributed by atoms with van der Waals surface area (Å²) in [5.74, 6) is 1.37. The lowest BCUT2D eigenvalue weighted by Crippen LogP contribution is -2.05. The number of hydrogen-bond donors (Lipinski definition) is 0. The Kier molecular flexibility index (Phi) is 4.96. The summed E-state index contributed by atoms with van der Waals surface area (Å²) in [5, 5.41) is 0.948. The number of esters is 1. The molecule has 0 radical (unpaired) electrons. The molecule has 0 saturated heterocycles. The van der Waals surface area contributed by atoms with Crippen LogP contribution in [0.5, 0.6) is 11.5 Å². The van der Waals surface area contributed by atoms with E-state index < -0.39 is 0 Å². The van der Waals surface area contributed by atoms with Gasteiger partial charge in [0, 0.05) is 17.9 Å². The van der Waals surface area contributed by atoms with Crippen molar-refractivity contribution >= 4 is 16.9 Å². The van der Waals surface area contributed by atoms with Crippen molar-refractivity contribution in [3.8, 4) is 34.1 Å². The molecule has 0 aliphatic carbocycles. The maximum Gasteiger partial charge on any atom is 0.308 e. The first-order valence-corrected chi connectivity index (χ1v) is 9.26. The number of carbonyl (C=O) groups is 1. The molecule has 0 aliphatic heterocycles. The molecule has 1 aromatic heterocycles. The molecule has 0 atom stereocenters. The second-order valence-electron chi connectivity index (χ2n) is 6.68. The molecule has 5 nitrogen and oxygen atoms in total. The van der Waals surface area contributed by atoms with Crippen LogP contribution in [0.25, 0.3) is 33.5 Å². The zero-order valence-corrected chi connectivity index (χ0v) is 16.5. The topological polar surface area (TPSA) is 61.3 Å². The molecule has 0 N–H and O–H groups in total. The quantitative estimate of drug-likeness (QED) is 0.357. The summed E-state index contributed by atoms with van der Waals surface area (Å²) >= 11 is 0. The number of fused-ring (bicyclic) bond motifs is 1. The summed E-state index contributed by atoms with van der Waals surface area (Å²) in [6.45, 7) is 3.34. The largest absolute Gasteiger partial charge is 0.497 e. The van der Waals surface area contributed by atoms with Crippen molar-refractivity contribution in [3.63, 3.8) is 0 Å². The van der Waals surface area contributed by atoms with Crippen LogP contribution in [0, 0.1) is 6.92 Å². The summed E-state index contributed by atoms with van der Waals surface area (Å²) in [5.41, 5.74) is 4.22. The number of rotatable bonds is 4. The zero-order chi connectivity index (χ0) is 20.4. The predicted molar refractivity (Wildman–Crippen MR) is 113 cm³/mol. The Balaban J connectivity index is 1.97. The van der Waals surface area contributed by atoms with Gasteiger partial charge in [0.05, 0.1) is 23.9 Å². The van der Waals surface area contributed by atoms with Crippen molar-refractivity contribution in [2.24, 2.45) is 0 Å². The van der Waals surface area contributed by atoms with E-state index in [1.165, 1.54) is 6.92 Å². The first kappa shape index (κ1) is 18.6. The summed E-state index contributed by atoms with van der Waals surface area (Å²) in [6, 6.07) is 21.2. The maximum atomic E-state index is 11.6. The lowest BCUT2D eigenvalue weighted by Gasteiger charge is -2.14. The molecule has 4 rings (SSSR count). The van der Waals surface area contributed by atoms with Gasteiger partial charge in [-0.1, -0.05) is 30.3 Å². The highest BCUT2D eigenvalue weighted by Crippen LogP contribution is 2.35. The Morgan fingerprint density at radius 3 is 2.38 bits per heavy atom. The lowest BCUT2D eigenvalue weighted by atomic mass is 10.0. The van der Waals surface area contributed by atoms with Crippen molar-refractivity contribution < 1.29 is 14.3 Å². The number of para-hydroxylation sites is 1. The molecular weight excluding hydrogens is 364 g/mol. The molecule has 0 unspecified atom stereocenters. The maximum absolute atomic E-state index is 11.6. The second-order valence-corrected chi connectivity index (χ2v) is 6.68. The number of aromatic nitrogens is 2. The van der Waals surface area contributed by atoms with Crippen LogP contribution >= 0.6 is 0 Å². The predicted octanol–water partition coefficient (Wildman–Crippen LogP) is 5.21. The highest BCUT2D eigenvalue weighted by Gasteiger charge is 2.17. The van der Waals surface area contributed by atoms with Gasteiger partial charge in [-0.15, -0.1) is 0 Å². The molecular formula is C24H20N2O3. The fourth-order valence-electron chi connectivity index (χ4n) is 3.32. The van der Waals surface area contributed by atoms with Crippen LogP contribution in [-0.2, 0) is 4.79 Å². The van der Waals surface area contributed by atoms with Gasteiger partial charge < -0.3 is 9.47 Å². The Morgan fingerprint density at radius 2 is 1.66 bits per heavy atom. The number of nitrogens with zero attached hydrogens (tertiary/aromatic N) is 2. The minimum absolute atomic E-state index is 0.381. The van der Waals surface area contributed by atoms with Crippen LogP contribution in [0.3, 0.4) is 0 Å². The average Bonchev–Trinajstić information content (AvgIpc) is 2.73. The number of ether oxygens (including phenoxy) is 2. The second kappa shape index (κ2) is 7.72. The lowest BCUT2D eigenvalue weighted by molar-refractivity contribution is -0.131. The normalized spacial score (nSPS) is 10.7. The number of methoxy groups -OCH3 is 1.